The van der Waals surface area contributed by atoms with Crippen LogP contribution >= 0.6 is 23.5 Å². The maximum absolute atomic E-state index is 14.3. The van der Waals surface area contributed by atoms with Gasteiger partial charge in [-0.15, -0.1) is 0 Å². The first-order chi connectivity index (χ1) is 37.0. The van der Waals surface area contributed by atoms with Crippen LogP contribution < -0.4 is 59.0 Å². The number of thioether (sulfide) groups is 2. The maximum Gasteiger partial charge on any atom is 0.446 e. The molecule has 8 amide bonds. The highest BCUT2D eigenvalue weighted by Gasteiger charge is 2.34. The van der Waals surface area contributed by atoms with E-state index in [0.717, 1.165) is 12.1 Å². The molecule has 7 unspecified atom stereocenters. The topological polar surface area (TPSA) is 462 Å². The fourth-order valence-electron chi connectivity index (χ4n) is 7.63. The van der Waals surface area contributed by atoms with Crippen LogP contribution in [0.3, 0.4) is 0 Å². The van der Waals surface area contributed by atoms with Crippen molar-refractivity contribution in [2.45, 2.75) is 87.2 Å². The van der Waals surface area contributed by atoms with E-state index in [9.17, 15) is 66.6 Å². The summed E-state index contributed by atoms with van der Waals surface area (Å²) in [5, 5.41) is 37.0. The van der Waals surface area contributed by atoms with Crippen molar-refractivity contribution in [2.24, 2.45) is 11.5 Å². The Balaban J connectivity index is 0.0000164. The number of nitrogens with two attached hydrogens (primary N) is 2. The van der Waals surface area contributed by atoms with Crippen LogP contribution in [0.4, 0.5) is 0 Å². The quantitative estimate of drug-likeness (QED) is 0.0250. The first-order valence-corrected chi connectivity index (χ1v) is 28.0. The number of benzene rings is 3. The van der Waals surface area contributed by atoms with Gasteiger partial charge in [0.25, 0.3) is 0 Å². The van der Waals surface area contributed by atoms with E-state index < -0.39 is 131 Å². The largest absolute Gasteiger partial charge is 0.481 e. The standard InChI is InChI=1S/C49H62N10O16S3.H3N/c1-76-18-16-34(55-47(69)37(58-44(66)32(50)23-41(61)62)21-28-12-14-30(15-13-28)75-78(72,73)74)45(67)53-26-40(60)54-38(22-29-25-52-33-11-7-6-10-31(29)33)48(70)56-35(17-19-77-2)46(68)59-39(24-42(63)64)49(71)57-36(43(51)65)20-27-8-4-3-5-9-27;/h3-15,25,32,34-39,52H,16-24,26,50H2,1-2H3,(H2,51,65)(H,53,67)(H,54,60)(H,55,69)(H,56,70)(H,57,71)(H,58,66)(H,59,68)(H,61,62)(H,63,64)(H,72,73,74);1H3. The zero-order chi connectivity index (χ0) is 57.5. The Kier molecular flexibility index (Phi) is 26.7. The monoisotopic (exact) mass is 1160 g/mol. The van der Waals surface area contributed by atoms with E-state index in [1.807, 2.05) is 0 Å². The van der Waals surface area contributed by atoms with Crippen LogP contribution in [-0.2, 0) is 77.6 Å². The molecule has 4 rings (SSSR count). The van der Waals surface area contributed by atoms with Gasteiger partial charge in [0.15, 0.2) is 0 Å². The zero-order valence-corrected chi connectivity index (χ0v) is 45.4. The number of carbonyl (C=O) groups excluding carboxylic acids is 8. The first-order valence-electron chi connectivity index (χ1n) is 23.9. The molecular weight excluding hydrogens is 1090 g/mol. The summed E-state index contributed by atoms with van der Waals surface area (Å²) in [5.41, 5.74) is 13.5. The van der Waals surface area contributed by atoms with Gasteiger partial charge in [0, 0.05) is 36.4 Å². The fraction of sp³-hybridized carbons (Fsp3) is 0.388. The summed E-state index contributed by atoms with van der Waals surface area (Å²) in [4.78, 5) is 135. The average Bonchev–Trinajstić information content (AvgIpc) is 3.81. The number of amides is 8. The van der Waals surface area contributed by atoms with Crippen molar-refractivity contribution in [1.82, 2.24) is 48.4 Å². The average molecular weight is 1160 g/mol. The molecule has 0 aliphatic rings. The van der Waals surface area contributed by atoms with Crippen molar-refractivity contribution in [3.8, 4) is 5.75 Å². The van der Waals surface area contributed by atoms with Gasteiger partial charge in [0.1, 0.15) is 42.0 Å². The summed E-state index contributed by atoms with van der Waals surface area (Å²) < 4.78 is 35.8. The van der Waals surface area contributed by atoms with Crippen LogP contribution in [0, 0.1) is 0 Å². The van der Waals surface area contributed by atoms with Crippen molar-refractivity contribution in [1.29, 1.82) is 0 Å². The van der Waals surface area contributed by atoms with E-state index >= 15 is 0 Å². The summed E-state index contributed by atoms with van der Waals surface area (Å²) in [6.45, 7) is -0.761. The van der Waals surface area contributed by atoms with Gasteiger partial charge in [-0.3, -0.25) is 52.5 Å². The third kappa shape index (κ3) is 22.6. The van der Waals surface area contributed by atoms with Crippen molar-refractivity contribution in [3.63, 3.8) is 0 Å². The predicted octanol–water partition coefficient (Wildman–Crippen LogP) is -1.17. The van der Waals surface area contributed by atoms with Gasteiger partial charge >= 0.3 is 22.3 Å². The molecule has 1 heterocycles. The minimum absolute atomic E-state index is 0. The number of carboxylic acid groups (broad SMARTS) is 2. The molecule has 7 atom stereocenters. The number of H-pyrrole nitrogens is 1. The molecule has 0 bridgehead atoms. The lowest BCUT2D eigenvalue weighted by Gasteiger charge is -2.26. The first kappa shape index (κ1) is 65.5. The minimum Gasteiger partial charge on any atom is -0.481 e. The molecular formula is C49H65N11O16S3. The lowest BCUT2D eigenvalue weighted by Crippen LogP contribution is -2.59. The van der Waals surface area contributed by atoms with Crippen LogP contribution in [0.15, 0.2) is 85.1 Å². The number of primary amides is 1. The number of carbonyl (C=O) groups is 10. The molecule has 30 heteroatoms. The van der Waals surface area contributed by atoms with Crippen LogP contribution in [-0.4, -0.2) is 160 Å². The summed E-state index contributed by atoms with van der Waals surface area (Å²) >= 11 is 2.61. The number of para-hydroxylation sites is 1. The number of hydrogen-bond acceptors (Lipinski definition) is 17. The van der Waals surface area contributed by atoms with E-state index in [1.165, 1.54) is 35.7 Å². The van der Waals surface area contributed by atoms with E-state index in [0.29, 0.717) is 33.3 Å². The molecule has 0 saturated heterocycles. The molecule has 3 aromatic carbocycles. The minimum atomic E-state index is -4.87. The molecule has 0 aliphatic carbocycles. The molecule has 0 saturated carbocycles. The second kappa shape index (κ2) is 32.2. The smallest absolute Gasteiger partial charge is 0.446 e. The SMILES string of the molecule is CSCCC(NC(=O)C(Cc1ccc(OS(=O)(=O)O)cc1)NC(=O)C(N)CC(=O)O)C(=O)NCC(=O)NC(Cc1c[nH]c2ccccc12)C(=O)NC(CCSC)C(=O)NC(CC(=O)O)C(=O)NC(Cc1ccccc1)C(N)=O.N. The number of aliphatic carboxylic acids is 2. The molecule has 4 aromatic rings. The number of nitrogens with one attached hydrogen (secondary N) is 8. The summed E-state index contributed by atoms with van der Waals surface area (Å²) in [6.07, 6.45) is 2.78. The predicted molar refractivity (Wildman–Crippen MR) is 292 cm³/mol. The number of aromatic amines is 1. The van der Waals surface area contributed by atoms with Crippen LogP contribution in [0.5, 0.6) is 5.75 Å². The molecule has 0 aliphatic heterocycles. The number of hydrogen-bond donors (Lipinski definition) is 14. The number of fused-ring (bicyclic) bond motifs is 1. The molecule has 18 N–H and O–H groups in total. The third-order valence-corrected chi connectivity index (χ3v) is 13.2. The summed E-state index contributed by atoms with van der Waals surface area (Å²) in [6, 6.07) is 10.2. The van der Waals surface area contributed by atoms with Gasteiger partial charge in [0.2, 0.25) is 47.3 Å². The Morgan fingerprint density at radius 3 is 1.65 bits per heavy atom. The number of carboxylic acids is 2. The highest BCUT2D eigenvalue weighted by Crippen LogP contribution is 2.20. The van der Waals surface area contributed by atoms with Gasteiger partial charge in [-0.25, -0.2) is 0 Å². The molecule has 79 heavy (non-hydrogen) atoms. The van der Waals surface area contributed by atoms with Crippen molar-refractivity contribution in [3.05, 3.63) is 102 Å². The summed E-state index contributed by atoms with van der Waals surface area (Å²) in [7, 11) is -4.87. The van der Waals surface area contributed by atoms with Crippen molar-refractivity contribution < 1.29 is 75.3 Å². The molecule has 0 spiro atoms. The van der Waals surface area contributed by atoms with Gasteiger partial charge in [-0.2, -0.15) is 31.9 Å². The Hall–Kier alpha value is -7.77. The van der Waals surface area contributed by atoms with Crippen LogP contribution in [0.2, 0.25) is 0 Å². The van der Waals surface area contributed by atoms with Crippen molar-refractivity contribution >= 4 is 104 Å². The second-order valence-electron chi connectivity index (χ2n) is 17.5. The third-order valence-electron chi connectivity index (χ3n) is 11.5. The highest BCUT2D eigenvalue weighted by atomic mass is 32.3. The lowest BCUT2D eigenvalue weighted by molar-refractivity contribution is -0.141. The van der Waals surface area contributed by atoms with Crippen LogP contribution in [0.1, 0.15) is 42.4 Å². The van der Waals surface area contributed by atoms with Gasteiger partial charge < -0.3 is 74.2 Å². The Morgan fingerprint density at radius 2 is 1.08 bits per heavy atom. The molecule has 0 fully saturated rings. The Labute approximate surface area is 462 Å². The van der Waals surface area contributed by atoms with E-state index in [-0.39, 0.29) is 49.8 Å². The summed E-state index contributed by atoms with van der Waals surface area (Å²) in [5.74, 6) is -10.2. The van der Waals surface area contributed by atoms with E-state index in [4.69, 9.17) is 16.0 Å². The molecule has 0 radical (unpaired) electrons. The lowest BCUT2D eigenvalue weighted by atomic mass is 10.0. The highest BCUT2D eigenvalue weighted by molar-refractivity contribution is 7.98. The van der Waals surface area contributed by atoms with Crippen molar-refractivity contribution in [2.75, 3.05) is 30.6 Å². The van der Waals surface area contributed by atoms with E-state index in [1.54, 1.807) is 73.3 Å². The van der Waals surface area contributed by atoms with Gasteiger partial charge in [-0.1, -0.05) is 60.7 Å². The number of aromatic nitrogens is 1. The van der Waals surface area contributed by atoms with Gasteiger partial charge in [-0.05, 0) is 71.7 Å². The zero-order valence-electron chi connectivity index (χ0n) is 42.9. The Bertz CT molecular complexity index is 2880. The number of rotatable bonds is 33. The maximum atomic E-state index is 14.3. The van der Waals surface area contributed by atoms with E-state index in [2.05, 4.69) is 46.4 Å². The molecule has 430 valence electrons. The molecule has 1 aromatic heterocycles. The normalized spacial score (nSPS) is 13.7. The van der Waals surface area contributed by atoms with Gasteiger partial charge in [0.05, 0.1) is 25.4 Å². The van der Waals surface area contributed by atoms with Crippen LogP contribution in [0.25, 0.3) is 10.9 Å². The second-order valence-corrected chi connectivity index (χ2v) is 20.5. The molecule has 27 nitrogen and oxygen atoms in total. The fourth-order valence-corrected chi connectivity index (χ4v) is 8.92. The Morgan fingerprint density at radius 1 is 0.595 bits per heavy atom.